The minimum atomic E-state index is -0.894. The number of carbonyl (C=O) groups is 1. The van der Waals surface area contributed by atoms with Crippen molar-refractivity contribution in [1.82, 2.24) is 14.5 Å². The molecule has 23 heavy (non-hydrogen) atoms. The number of piperidine rings is 1. The number of carboxylic acid groups (broad SMARTS) is 1. The number of aromatic nitrogens is 2. The lowest BCUT2D eigenvalue weighted by atomic mass is 9.93. The molecule has 0 bridgehead atoms. The highest BCUT2D eigenvalue weighted by Crippen LogP contribution is 2.29. The van der Waals surface area contributed by atoms with Gasteiger partial charge in [0.15, 0.2) is 0 Å². The van der Waals surface area contributed by atoms with E-state index in [-0.39, 0.29) is 0 Å². The van der Waals surface area contributed by atoms with Gasteiger partial charge in [-0.2, -0.15) is 0 Å². The third-order valence-corrected chi connectivity index (χ3v) is 5.29. The first-order valence-corrected chi connectivity index (χ1v) is 8.54. The molecule has 122 valence electrons. The van der Waals surface area contributed by atoms with Gasteiger partial charge in [0.05, 0.1) is 11.9 Å². The highest BCUT2D eigenvalue weighted by molar-refractivity contribution is 9.10. The van der Waals surface area contributed by atoms with E-state index in [4.69, 9.17) is 5.11 Å². The molecule has 0 radical (unpaired) electrons. The second-order valence-electron chi connectivity index (χ2n) is 6.09. The van der Waals surface area contributed by atoms with Gasteiger partial charge in [0.25, 0.3) is 0 Å². The van der Waals surface area contributed by atoms with Crippen LogP contribution in [-0.2, 0) is 13.6 Å². The number of aromatic carboxylic acids is 1. The van der Waals surface area contributed by atoms with Crippen molar-refractivity contribution in [3.05, 3.63) is 52.0 Å². The lowest BCUT2D eigenvalue weighted by molar-refractivity contribution is 0.0696. The molecule has 1 fully saturated rings. The number of likely N-dealkylation sites (tertiary alicyclic amines) is 1. The minimum absolute atomic E-state index is 0.315. The number of hydrogen-bond donors (Lipinski definition) is 1. The van der Waals surface area contributed by atoms with Crippen LogP contribution < -0.4 is 0 Å². The van der Waals surface area contributed by atoms with E-state index in [0.29, 0.717) is 11.5 Å². The molecule has 0 aliphatic carbocycles. The van der Waals surface area contributed by atoms with Crippen molar-refractivity contribution in [2.75, 3.05) is 13.1 Å². The monoisotopic (exact) mass is 377 g/mol. The normalized spacial score (nSPS) is 16.6. The third kappa shape index (κ3) is 3.64. The molecule has 0 unspecified atom stereocenters. The minimum Gasteiger partial charge on any atom is -0.478 e. The zero-order valence-electron chi connectivity index (χ0n) is 13.1. The topological polar surface area (TPSA) is 58.4 Å². The molecule has 1 aliphatic rings. The zero-order chi connectivity index (χ0) is 16.4. The summed E-state index contributed by atoms with van der Waals surface area (Å²) in [4.78, 5) is 17.6. The van der Waals surface area contributed by atoms with Crippen LogP contribution in [0.25, 0.3) is 0 Å². The number of benzene rings is 1. The van der Waals surface area contributed by atoms with Crippen molar-refractivity contribution in [1.29, 1.82) is 0 Å². The Bertz CT molecular complexity index is 706. The van der Waals surface area contributed by atoms with Crippen molar-refractivity contribution in [3.63, 3.8) is 0 Å². The molecular weight excluding hydrogens is 358 g/mol. The van der Waals surface area contributed by atoms with E-state index in [2.05, 4.69) is 37.4 Å². The van der Waals surface area contributed by atoms with Gasteiger partial charge < -0.3 is 9.67 Å². The number of imidazole rings is 1. The summed E-state index contributed by atoms with van der Waals surface area (Å²) in [5.41, 5.74) is 2.76. The molecule has 5 nitrogen and oxygen atoms in total. The van der Waals surface area contributed by atoms with Crippen molar-refractivity contribution in [3.8, 4) is 0 Å². The van der Waals surface area contributed by atoms with E-state index in [1.165, 1.54) is 5.69 Å². The zero-order valence-corrected chi connectivity index (χ0v) is 14.7. The molecule has 1 aromatic carbocycles. The standard InChI is InChI=1S/C17H20BrN3O2/c1-20-11-19-9-16(20)12-4-6-21(7-5-12)10-14-3-2-13(17(22)23)8-15(14)18/h2-3,8-9,11-12H,4-7,10H2,1H3,(H,22,23). The smallest absolute Gasteiger partial charge is 0.335 e. The fourth-order valence-electron chi connectivity index (χ4n) is 3.20. The van der Waals surface area contributed by atoms with Gasteiger partial charge in [0.2, 0.25) is 0 Å². The second kappa shape index (κ2) is 6.84. The van der Waals surface area contributed by atoms with Crippen LogP contribution in [0.3, 0.4) is 0 Å². The predicted octanol–water partition coefficient (Wildman–Crippen LogP) is 3.26. The number of hydrogen-bond acceptors (Lipinski definition) is 3. The highest BCUT2D eigenvalue weighted by atomic mass is 79.9. The number of nitrogens with zero attached hydrogens (tertiary/aromatic N) is 3. The Hall–Kier alpha value is -1.66. The Balaban J connectivity index is 1.61. The summed E-state index contributed by atoms with van der Waals surface area (Å²) in [7, 11) is 2.05. The highest BCUT2D eigenvalue weighted by Gasteiger charge is 2.23. The summed E-state index contributed by atoms with van der Waals surface area (Å²) in [6, 6.07) is 5.26. The number of halogens is 1. The fraction of sp³-hybridized carbons (Fsp3) is 0.412. The van der Waals surface area contributed by atoms with Crippen molar-refractivity contribution < 1.29 is 9.90 Å². The van der Waals surface area contributed by atoms with E-state index in [9.17, 15) is 4.79 Å². The maximum atomic E-state index is 11.0. The quantitative estimate of drug-likeness (QED) is 0.888. The maximum absolute atomic E-state index is 11.0. The molecule has 2 aromatic rings. The first-order valence-electron chi connectivity index (χ1n) is 7.75. The summed E-state index contributed by atoms with van der Waals surface area (Å²) in [5.74, 6) is -0.314. The van der Waals surface area contributed by atoms with Gasteiger partial charge in [-0.05, 0) is 43.6 Å². The van der Waals surface area contributed by atoms with Crippen molar-refractivity contribution >= 4 is 21.9 Å². The Morgan fingerprint density at radius 2 is 2.13 bits per heavy atom. The lowest BCUT2D eigenvalue weighted by Gasteiger charge is -2.32. The Morgan fingerprint density at radius 3 is 2.70 bits per heavy atom. The molecule has 0 atom stereocenters. The molecule has 1 aromatic heterocycles. The molecule has 1 aliphatic heterocycles. The van der Waals surface area contributed by atoms with Crippen LogP contribution in [0, 0.1) is 0 Å². The van der Waals surface area contributed by atoms with Crippen molar-refractivity contribution in [2.24, 2.45) is 7.05 Å². The number of rotatable bonds is 4. The average Bonchev–Trinajstić information content (AvgIpc) is 2.96. The van der Waals surface area contributed by atoms with E-state index in [1.807, 2.05) is 18.6 Å². The van der Waals surface area contributed by atoms with Crippen LogP contribution in [0.2, 0.25) is 0 Å². The predicted molar refractivity (Wildman–Crippen MR) is 91.6 cm³/mol. The molecule has 1 saturated heterocycles. The molecule has 3 rings (SSSR count). The first-order chi connectivity index (χ1) is 11.0. The number of carboxylic acids is 1. The molecule has 1 N–H and O–H groups in total. The largest absolute Gasteiger partial charge is 0.478 e. The van der Waals surface area contributed by atoms with Gasteiger partial charge in [-0.25, -0.2) is 9.78 Å². The maximum Gasteiger partial charge on any atom is 0.335 e. The molecular formula is C17H20BrN3O2. The van der Waals surface area contributed by atoms with Crippen LogP contribution in [0.5, 0.6) is 0 Å². The van der Waals surface area contributed by atoms with E-state index in [0.717, 1.165) is 42.5 Å². The van der Waals surface area contributed by atoms with Gasteiger partial charge in [0.1, 0.15) is 0 Å². The summed E-state index contributed by atoms with van der Waals surface area (Å²) in [5, 5.41) is 9.03. The van der Waals surface area contributed by atoms with Gasteiger partial charge in [-0.3, -0.25) is 4.90 Å². The SMILES string of the molecule is Cn1cncc1C1CCN(Cc2ccc(C(=O)O)cc2Br)CC1. The van der Waals surface area contributed by atoms with Gasteiger partial charge in [0, 0.05) is 35.9 Å². The van der Waals surface area contributed by atoms with E-state index >= 15 is 0 Å². The van der Waals surface area contributed by atoms with Gasteiger partial charge in [-0.1, -0.05) is 22.0 Å². The van der Waals surface area contributed by atoms with Crippen LogP contribution in [0.4, 0.5) is 0 Å². The fourth-order valence-corrected chi connectivity index (χ4v) is 3.70. The lowest BCUT2D eigenvalue weighted by Crippen LogP contribution is -2.33. The van der Waals surface area contributed by atoms with Crippen molar-refractivity contribution in [2.45, 2.75) is 25.3 Å². The first kappa shape index (κ1) is 16.2. The Morgan fingerprint density at radius 1 is 1.39 bits per heavy atom. The molecule has 0 saturated carbocycles. The summed E-state index contributed by atoms with van der Waals surface area (Å²) in [6.07, 6.45) is 6.10. The molecule has 0 spiro atoms. The van der Waals surface area contributed by atoms with Gasteiger partial charge in [-0.15, -0.1) is 0 Å². The summed E-state index contributed by atoms with van der Waals surface area (Å²) in [6.45, 7) is 2.94. The van der Waals surface area contributed by atoms with Crippen LogP contribution >= 0.6 is 15.9 Å². The molecule has 6 heteroatoms. The van der Waals surface area contributed by atoms with E-state index in [1.54, 1.807) is 12.1 Å². The van der Waals surface area contributed by atoms with Crippen LogP contribution in [0.15, 0.2) is 35.2 Å². The van der Waals surface area contributed by atoms with Crippen LogP contribution in [0.1, 0.15) is 40.4 Å². The Kier molecular flexibility index (Phi) is 4.82. The second-order valence-corrected chi connectivity index (χ2v) is 6.95. The van der Waals surface area contributed by atoms with Gasteiger partial charge >= 0.3 is 5.97 Å². The van der Waals surface area contributed by atoms with Crippen LogP contribution in [-0.4, -0.2) is 38.6 Å². The van der Waals surface area contributed by atoms with E-state index < -0.39 is 5.97 Å². The average molecular weight is 378 g/mol. The number of aryl methyl sites for hydroxylation is 1. The summed E-state index contributed by atoms with van der Waals surface area (Å²) >= 11 is 3.49. The third-order valence-electron chi connectivity index (χ3n) is 4.55. The Labute approximate surface area is 144 Å². The molecule has 2 heterocycles. The molecule has 0 amide bonds. The summed E-state index contributed by atoms with van der Waals surface area (Å²) < 4.78 is 2.98.